The summed E-state index contributed by atoms with van der Waals surface area (Å²) in [6, 6.07) is 9.75. The molecule has 0 saturated heterocycles. The average Bonchev–Trinajstić information content (AvgIpc) is 2.30. The van der Waals surface area contributed by atoms with Gasteiger partial charge in [0.05, 0.1) is 5.69 Å². The maximum Gasteiger partial charge on any atom is 0.237 e. The van der Waals surface area contributed by atoms with Crippen LogP contribution in [0.4, 0.5) is 5.69 Å². The molecule has 88 valence electrons. The van der Waals surface area contributed by atoms with Gasteiger partial charge in [0.2, 0.25) is 5.88 Å². The minimum atomic E-state index is 0.446. The quantitative estimate of drug-likeness (QED) is 0.944. The molecule has 0 spiro atoms. The van der Waals surface area contributed by atoms with Gasteiger partial charge in [0.25, 0.3) is 0 Å². The summed E-state index contributed by atoms with van der Waals surface area (Å²) in [5.41, 5.74) is 8.48. The van der Waals surface area contributed by atoms with E-state index >= 15 is 0 Å². The highest BCUT2D eigenvalue weighted by molar-refractivity contribution is 9.10. The van der Waals surface area contributed by atoms with Gasteiger partial charge in [-0.1, -0.05) is 34.1 Å². The van der Waals surface area contributed by atoms with E-state index < -0.39 is 0 Å². The molecule has 0 unspecified atom stereocenters. The number of aryl methyl sites for hydroxylation is 1. The Labute approximate surface area is 109 Å². The van der Waals surface area contributed by atoms with Crippen LogP contribution in [0.3, 0.4) is 0 Å². The summed E-state index contributed by atoms with van der Waals surface area (Å²) < 4.78 is 6.61. The fourth-order valence-corrected chi connectivity index (χ4v) is 1.86. The lowest BCUT2D eigenvalue weighted by Gasteiger charge is -2.09. The standard InChI is InChI=1S/C13H13BrN2O/c1-9-6-12(15)13(16-7-9)17-8-10-4-2-3-5-11(10)14/h2-7H,8,15H2,1H3. The average molecular weight is 293 g/mol. The van der Waals surface area contributed by atoms with Crippen molar-refractivity contribution in [2.75, 3.05) is 5.73 Å². The molecule has 0 aliphatic carbocycles. The summed E-state index contributed by atoms with van der Waals surface area (Å²) in [5.74, 6) is 0.478. The van der Waals surface area contributed by atoms with Crippen LogP contribution in [0.5, 0.6) is 5.88 Å². The molecular formula is C13H13BrN2O. The van der Waals surface area contributed by atoms with Gasteiger partial charge in [0.1, 0.15) is 6.61 Å². The molecule has 0 fully saturated rings. The van der Waals surface area contributed by atoms with Gasteiger partial charge < -0.3 is 10.5 Å². The number of anilines is 1. The Morgan fingerprint density at radius 3 is 2.82 bits per heavy atom. The van der Waals surface area contributed by atoms with E-state index in [9.17, 15) is 0 Å². The van der Waals surface area contributed by atoms with Crippen LogP contribution in [0.2, 0.25) is 0 Å². The SMILES string of the molecule is Cc1cnc(OCc2ccccc2Br)c(N)c1. The molecule has 2 aromatic rings. The number of pyridine rings is 1. The number of hydrogen-bond acceptors (Lipinski definition) is 3. The maximum atomic E-state index is 5.82. The number of nitrogens with zero attached hydrogens (tertiary/aromatic N) is 1. The van der Waals surface area contributed by atoms with E-state index in [0.29, 0.717) is 18.2 Å². The molecule has 1 heterocycles. The van der Waals surface area contributed by atoms with Crippen molar-refractivity contribution in [2.45, 2.75) is 13.5 Å². The lowest BCUT2D eigenvalue weighted by molar-refractivity contribution is 0.295. The van der Waals surface area contributed by atoms with Crippen molar-refractivity contribution in [3.8, 4) is 5.88 Å². The molecule has 2 N–H and O–H groups in total. The van der Waals surface area contributed by atoms with Crippen LogP contribution in [0.1, 0.15) is 11.1 Å². The van der Waals surface area contributed by atoms with Crippen molar-refractivity contribution in [3.63, 3.8) is 0 Å². The van der Waals surface area contributed by atoms with Crippen LogP contribution in [0.25, 0.3) is 0 Å². The lowest BCUT2D eigenvalue weighted by Crippen LogP contribution is -2.01. The molecule has 0 bridgehead atoms. The van der Waals surface area contributed by atoms with E-state index in [4.69, 9.17) is 10.5 Å². The van der Waals surface area contributed by atoms with E-state index in [1.165, 1.54) is 0 Å². The number of nitrogens with two attached hydrogens (primary N) is 1. The van der Waals surface area contributed by atoms with Crippen LogP contribution < -0.4 is 10.5 Å². The Bertz CT molecular complexity index is 529. The largest absolute Gasteiger partial charge is 0.471 e. The minimum absolute atomic E-state index is 0.446. The van der Waals surface area contributed by atoms with E-state index in [-0.39, 0.29) is 0 Å². The topological polar surface area (TPSA) is 48.1 Å². The molecule has 0 amide bonds. The monoisotopic (exact) mass is 292 g/mol. The summed E-state index contributed by atoms with van der Waals surface area (Å²) in [5, 5.41) is 0. The van der Waals surface area contributed by atoms with Crippen molar-refractivity contribution in [1.82, 2.24) is 4.98 Å². The summed E-state index contributed by atoms with van der Waals surface area (Å²) in [4.78, 5) is 4.16. The first-order chi connectivity index (χ1) is 8.16. The smallest absolute Gasteiger partial charge is 0.237 e. The summed E-state index contributed by atoms with van der Waals surface area (Å²) >= 11 is 3.47. The highest BCUT2D eigenvalue weighted by Gasteiger charge is 2.04. The van der Waals surface area contributed by atoms with Crippen molar-refractivity contribution >= 4 is 21.6 Å². The van der Waals surface area contributed by atoms with Crippen LogP contribution in [0, 0.1) is 6.92 Å². The van der Waals surface area contributed by atoms with Gasteiger partial charge >= 0.3 is 0 Å². The second kappa shape index (κ2) is 5.19. The molecule has 17 heavy (non-hydrogen) atoms. The zero-order chi connectivity index (χ0) is 12.3. The normalized spacial score (nSPS) is 10.2. The van der Waals surface area contributed by atoms with E-state index in [1.807, 2.05) is 37.3 Å². The van der Waals surface area contributed by atoms with E-state index in [0.717, 1.165) is 15.6 Å². The second-order valence-corrected chi connectivity index (χ2v) is 4.64. The van der Waals surface area contributed by atoms with Gasteiger partial charge in [0.15, 0.2) is 0 Å². The minimum Gasteiger partial charge on any atom is -0.471 e. The highest BCUT2D eigenvalue weighted by Crippen LogP contribution is 2.22. The van der Waals surface area contributed by atoms with Crippen LogP contribution in [0.15, 0.2) is 41.0 Å². The zero-order valence-electron chi connectivity index (χ0n) is 9.48. The number of rotatable bonds is 3. The number of hydrogen-bond donors (Lipinski definition) is 1. The number of halogens is 1. The molecular weight excluding hydrogens is 280 g/mol. The Balaban J connectivity index is 2.10. The van der Waals surface area contributed by atoms with E-state index in [2.05, 4.69) is 20.9 Å². The molecule has 0 aliphatic rings. The predicted molar refractivity (Wildman–Crippen MR) is 71.9 cm³/mol. The van der Waals surface area contributed by atoms with Gasteiger partial charge in [-0.3, -0.25) is 0 Å². The van der Waals surface area contributed by atoms with Crippen molar-refractivity contribution in [2.24, 2.45) is 0 Å². The Kier molecular flexibility index (Phi) is 3.64. The van der Waals surface area contributed by atoms with Gasteiger partial charge in [-0.15, -0.1) is 0 Å². The molecule has 1 aromatic carbocycles. The van der Waals surface area contributed by atoms with Gasteiger partial charge in [-0.05, 0) is 24.6 Å². The van der Waals surface area contributed by atoms with Gasteiger partial charge in [-0.25, -0.2) is 4.98 Å². The van der Waals surface area contributed by atoms with E-state index in [1.54, 1.807) is 6.20 Å². The molecule has 3 nitrogen and oxygen atoms in total. The second-order valence-electron chi connectivity index (χ2n) is 3.79. The van der Waals surface area contributed by atoms with Crippen molar-refractivity contribution in [3.05, 3.63) is 52.1 Å². The first-order valence-corrected chi connectivity index (χ1v) is 6.04. The summed E-state index contributed by atoms with van der Waals surface area (Å²) in [7, 11) is 0. The molecule has 0 aliphatic heterocycles. The van der Waals surface area contributed by atoms with Crippen LogP contribution in [-0.4, -0.2) is 4.98 Å². The van der Waals surface area contributed by atoms with Gasteiger partial charge in [0, 0.05) is 16.2 Å². The van der Waals surface area contributed by atoms with Crippen molar-refractivity contribution < 1.29 is 4.74 Å². The Hall–Kier alpha value is -1.55. The number of aromatic nitrogens is 1. The molecule has 0 radical (unpaired) electrons. The molecule has 2 rings (SSSR count). The third-order valence-corrected chi connectivity index (χ3v) is 3.11. The van der Waals surface area contributed by atoms with Crippen LogP contribution >= 0.6 is 15.9 Å². The molecule has 0 saturated carbocycles. The van der Waals surface area contributed by atoms with Gasteiger partial charge in [-0.2, -0.15) is 0 Å². The number of nitrogen functional groups attached to an aromatic ring is 1. The maximum absolute atomic E-state index is 5.82. The first kappa shape index (κ1) is 11.9. The fourth-order valence-electron chi connectivity index (χ4n) is 1.46. The summed E-state index contributed by atoms with van der Waals surface area (Å²) in [6.07, 6.45) is 1.74. The Morgan fingerprint density at radius 2 is 2.12 bits per heavy atom. The predicted octanol–water partition coefficient (Wildman–Crippen LogP) is 3.31. The highest BCUT2D eigenvalue weighted by atomic mass is 79.9. The Morgan fingerprint density at radius 1 is 1.35 bits per heavy atom. The number of benzene rings is 1. The number of ether oxygens (including phenoxy) is 1. The first-order valence-electron chi connectivity index (χ1n) is 5.25. The lowest BCUT2D eigenvalue weighted by atomic mass is 10.2. The van der Waals surface area contributed by atoms with Crippen molar-refractivity contribution in [1.29, 1.82) is 0 Å². The third-order valence-electron chi connectivity index (χ3n) is 2.34. The fraction of sp³-hybridized carbons (Fsp3) is 0.154. The molecule has 1 aromatic heterocycles. The zero-order valence-corrected chi connectivity index (χ0v) is 11.1. The van der Waals surface area contributed by atoms with Crippen LogP contribution in [-0.2, 0) is 6.61 Å². The molecule has 4 heteroatoms. The summed E-state index contributed by atoms with van der Waals surface area (Å²) in [6.45, 7) is 2.39. The third kappa shape index (κ3) is 2.97. The molecule has 0 atom stereocenters.